The summed E-state index contributed by atoms with van der Waals surface area (Å²) in [6.45, 7) is 7.81. The number of likely N-dealkylation sites (tertiary alicyclic amines) is 1. The van der Waals surface area contributed by atoms with Crippen molar-refractivity contribution >= 4 is 6.03 Å². The van der Waals surface area contributed by atoms with Gasteiger partial charge in [-0.1, -0.05) is 0 Å². The van der Waals surface area contributed by atoms with Crippen molar-refractivity contribution < 1.29 is 4.79 Å². The Balaban J connectivity index is 1.73. The van der Waals surface area contributed by atoms with Crippen molar-refractivity contribution in [3.63, 3.8) is 0 Å². The van der Waals surface area contributed by atoms with Gasteiger partial charge in [0, 0.05) is 38.8 Å². The van der Waals surface area contributed by atoms with Crippen molar-refractivity contribution in [3.8, 4) is 0 Å². The van der Waals surface area contributed by atoms with E-state index in [1.54, 1.807) is 0 Å². The van der Waals surface area contributed by atoms with Crippen molar-refractivity contribution in [3.05, 3.63) is 0 Å². The molecule has 0 aromatic heterocycles. The summed E-state index contributed by atoms with van der Waals surface area (Å²) in [7, 11) is 0. The summed E-state index contributed by atoms with van der Waals surface area (Å²) in [5.41, 5.74) is 5.97. The maximum absolute atomic E-state index is 11.4. The first-order valence-corrected chi connectivity index (χ1v) is 6.67. The summed E-state index contributed by atoms with van der Waals surface area (Å²) >= 11 is 0. The molecule has 2 amide bonds. The highest BCUT2D eigenvalue weighted by Crippen LogP contribution is 2.18. The number of carbonyl (C=O) groups excluding carboxylic acids is 1. The molecule has 2 unspecified atom stereocenters. The number of nitrogens with one attached hydrogen (secondary N) is 1. The zero-order valence-electron chi connectivity index (χ0n) is 10.7. The molecule has 3 N–H and O–H groups in total. The molecule has 2 atom stereocenters. The van der Waals surface area contributed by atoms with Crippen molar-refractivity contribution in [1.82, 2.24) is 15.1 Å². The first kappa shape index (κ1) is 12.6. The van der Waals surface area contributed by atoms with Gasteiger partial charge in [0.1, 0.15) is 0 Å². The van der Waals surface area contributed by atoms with Crippen LogP contribution >= 0.6 is 0 Å². The number of rotatable bonds is 4. The summed E-state index contributed by atoms with van der Waals surface area (Å²) in [6, 6.07) is 0.374. The predicted molar refractivity (Wildman–Crippen MR) is 67.8 cm³/mol. The molecule has 0 saturated carbocycles. The van der Waals surface area contributed by atoms with Crippen molar-refractivity contribution in [2.24, 2.45) is 11.7 Å². The zero-order valence-corrected chi connectivity index (χ0v) is 10.7. The largest absolute Gasteiger partial charge is 0.336 e. The van der Waals surface area contributed by atoms with Crippen LogP contribution in [0, 0.1) is 5.92 Å². The number of hydrogen-bond acceptors (Lipinski definition) is 3. The molecule has 0 aromatic carbocycles. The number of amides is 2. The highest BCUT2D eigenvalue weighted by Gasteiger charge is 2.24. The van der Waals surface area contributed by atoms with Crippen LogP contribution in [0.4, 0.5) is 4.79 Å². The molecule has 2 saturated heterocycles. The normalized spacial score (nSPS) is 28.2. The molecule has 2 aliphatic heterocycles. The molecule has 0 aliphatic carbocycles. The minimum absolute atomic E-state index is 0.0887. The Labute approximate surface area is 103 Å². The highest BCUT2D eigenvalue weighted by atomic mass is 16.2. The van der Waals surface area contributed by atoms with Crippen LogP contribution < -0.4 is 11.1 Å². The van der Waals surface area contributed by atoms with Gasteiger partial charge in [0.15, 0.2) is 0 Å². The molecule has 5 nitrogen and oxygen atoms in total. The average Bonchev–Trinajstić information content (AvgIpc) is 2.72. The van der Waals surface area contributed by atoms with E-state index in [-0.39, 0.29) is 12.1 Å². The van der Waals surface area contributed by atoms with E-state index in [4.69, 9.17) is 5.73 Å². The Bertz CT molecular complexity index is 269. The summed E-state index contributed by atoms with van der Waals surface area (Å²) in [4.78, 5) is 15.7. The maximum atomic E-state index is 11.4. The van der Waals surface area contributed by atoms with Crippen LogP contribution in [0.25, 0.3) is 0 Å². The number of piperidine rings is 1. The van der Waals surface area contributed by atoms with Gasteiger partial charge in [0.2, 0.25) is 0 Å². The Hall–Kier alpha value is -0.810. The Kier molecular flexibility index (Phi) is 4.23. The molecule has 5 heteroatoms. The lowest BCUT2D eigenvalue weighted by Crippen LogP contribution is -2.45. The van der Waals surface area contributed by atoms with Crippen LogP contribution in [0.1, 0.15) is 19.8 Å². The minimum atomic E-state index is 0.0887. The molecule has 0 spiro atoms. The topological polar surface area (TPSA) is 61.6 Å². The molecule has 2 rings (SSSR count). The molecule has 0 bridgehead atoms. The molecule has 0 radical (unpaired) electrons. The van der Waals surface area contributed by atoms with Crippen LogP contribution in [-0.4, -0.2) is 61.1 Å². The molecular weight excluding hydrogens is 216 g/mol. The molecule has 98 valence electrons. The summed E-state index contributed by atoms with van der Waals surface area (Å²) in [5, 5.41) is 2.83. The fraction of sp³-hybridized carbons (Fsp3) is 0.917. The van der Waals surface area contributed by atoms with Gasteiger partial charge in [-0.3, -0.25) is 0 Å². The van der Waals surface area contributed by atoms with E-state index in [1.807, 2.05) is 4.90 Å². The van der Waals surface area contributed by atoms with Gasteiger partial charge < -0.3 is 20.9 Å². The SMILES string of the molecule is CC(N)C1CCCN(CCN2CCNC2=O)C1. The second-order valence-electron chi connectivity index (χ2n) is 5.28. The Morgan fingerprint density at radius 1 is 1.47 bits per heavy atom. The van der Waals surface area contributed by atoms with E-state index in [0.717, 1.165) is 39.3 Å². The van der Waals surface area contributed by atoms with Gasteiger partial charge in [-0.05, 0) is 32.2 Å². The van der Waals surface area contributed by atoms with Crippen molar-refractivity contribution in [2.75, 3.05) is 39.3 Å². The van der Waals surface area contributed by atoms with Crippen molar-refractivity contribution in [1.29, 1.82) is 0 Å². The highest BCUT2D eigenvalue weighted by molar-refractivity contribution is 5.76. The fourth-order valence-corrected chi connectivity index (χ4v) is 2.71. The third-order valence-electron chi connectivity index (χ3n) is 3.92. The van der Waals surface area contributed by atoms with E-state index >= 15 is 0 Å². The lowest BCUT2D eigenvalue weighted by atomic mass is 9.92. The quantitative estimate of drug-likeness (QED) is 0.731. The van der Waals surface area contributed by atoms with Crippen LogP contribution in [0.3, 0.4) is 0 Å². The summed E-state index contributed by atoms with van der Waals surface area (Å²) < 4.78 is 0. The van der Waals surface area contributed by atoms with Gasteiger partial charge in [0.05, 0.1) is 0 Å². The van der Waals surface area contributed by atoms with Gasteiger partial charge >= 0.3 is 6.03 Å². The van der Waals surface area contributed by atoms with Gasteiger partial charge in [0.25, 0.3) is 0 Å². The smallest absolute Gasteiger partial charge is 0.317 e. The summed E-state index contributed by atoms with van der Waals surface area (Å²) in [6.07, 6.45) is 2.48. The number of carbonyl (C=O) groups is 1. The molecule has 2 fully saturated rings. The second-order valence-corrected chi connectivity index (χ2v) is 5.28. The number of nitrogens with two attached hydrogens (primary N) is 1. The summed E-state index contributed by atoms with van der Waals surface area (Å²) in [5.74, 6) is 0.621. The van der Waals surface area contributed by atoms with Crippen molar-refractivity contribution in [2.45, 2.75) is 25.8 Å². The molecule has 2 heterocycles. The lowest BCUT2D eigenvalue weighted by molar-refractivity contribution is 0.147. The van der Waals surface area contributed by atoms with Crippen LogP contribution in [0.15, 0.2) is 0 Å². The molecule has 0 aromatic rings. The minimum Gasteiger partial charge on any atom is -0.336 e. The Morgan fingerprint density at radius 2 is 2.29 bits per heavy atom. The van der Waals surface area contributed by atoms with E-state index in [0.29, 0.717) is 5.92 Å². The number of nitrogens with zero attached hydrogens (tertiary/aromatic N) is 2. The average molecular weight is 240 g/mol. The third kappa shape index (κ3) is 3.33. The predicted octanol–water partition coefficient (Wildman–Crippen LogP) is 0.0708. The number of urea groups is 1. The van der Waals surface area contributed by atoms with Crippen LogP contribution in [-0.2, 0) is 0 Å². The fourth-order valence-electron chi connectivity index (χ4n) is 2.71. The zero-order chi connectivity index (χ0) is 12.3. The van der Waals surface area contributed by atoms with E-state index in [9.17, 15) is 4.79 Å². The lowest BCUT2D eigenvalue weighted by Gasteiger charge is -2.35. The molecule has 17 heavy (non-hydrogen) atoms. The van der Waals surface area contributed by atoms with Crippen LogP contribution in [0.2, 0.25) is 0 Å². The maximum Gasteiger partial charge on any atom is 0.317 e. The molecular formula is C12H24N4O. The molecule has 2 aliphatic rings. The third-order valence-corrected chi connectivity index (χ3v) is 3.92. The van der Waals surface area contributed by atoms with E-state index in [1.165, 1.54) is 12.8 Å². The van der Waals surface area contributed by atoms with E-state index < -0.39 is 0 Å². The standard InChI is InChI=1S/C12H24N4O/c1-10(13)11-3-2-5-15(9-11)7-8-16-6-4-14-12(16)17/h10-11H,2-9,13H2,1H3,(H,14,17). The van der Waals surface area contributed by atoms with Gasteiger partial charge in [-0.15, -0.1) is 0 Å². The number of hydrogen-bond donors (Lipinski definition) is 2. The Morgan fingerprint density at radius 3 is 2.94 bits per heavy atom. The second kappa shape index (κ2) is 5.69. The van der Waals surface area contributed by atoms with Crippen LogP contribution in [0.5, 0.6) is 0 Å². The first-order valence-electron chi connectivity index (χ1n) is 6.67. The van der Waals surface area contributed by atoms with E-state index in [2.05, 4.69) is 17.1 Å². The van der Waals surface area contributed by atoms with Gasteiger partial charge in [-0.2, -0.15) is 0 Å². The monoisotopic (exact) mass is 240 g/mol. The van der Waals surface area contributed by atoms with Gasteiger partial charge in [-0.25, -0.2) is 4.79 Å². The first-order chi connectivity index (χ1) is 8.16.